The Hall–Kier alpha value is -2.92. The minimum atomic E-state index is -0.966. The first-order chi connectivity index (χ1) is 17.3. The lowest BCUT2D eigenvalue weighted by Gasteiger charge is -2.37. The zero-order valence-corrected chi connectivity index (χ0v) is 21.5. The summed E-state index contributed by atoms with van der Waals surface area (Å²) < 4.78 is 6.38. The Morgan fingerprint density at radius 2 is 2.00 bits per heavy atom. The van der Waals surface area contributed by atoms with E-state index < -0.39 is 5.60 Å². The predicted molar refractivity (Wildman–Crippen MR) is 138 cm³/mol. The van der Waals surface area contributed by atoms with Gasteiger partial charge in [0.1, 0.15) is 17.3 Å². The van der Waals surface area contributed by atoms with E-state index in [1.807, 2.05) is 25.1 Å². The Balaban J connectivity index is 1.61. The molecule has 1 fully saturated rings. The van der Waals surface area contributed by atoms with Crippen molar-refractivity contribution in [2.75, 3.05) is 26.7 Å². The number of pyridine rings is 1. The van der Waals surface area contributed by atoms with E-state index in [4.69, 9.17) is 4.74 Å². The molecule has 1 aliphatic heterocycles. The standard InChI is InChI=1S/C29H37N3O4/c1-21-17-32(22(2)20-33)28(34)25-15-24(11-14-29(35)12-7-8-13-29)16-30-27(25)36-26(21)19-31(3)18-23-9-5-4-6-10-23/h4-6,9-10,15-16,21-22,26,33,35H,7-8,12-13,17-20H2,1-3H3/t21-,22+,26-/m1/s1. The molecule has 1 aromatic carbocycles. The highest BCUT2D eigenvalue weighted by Crippen LogP contribution is 2.30. The fourth-order valence-electron chi connectivity index (χ4n) is 4.93. The van der Waals surface area contributed by atoms with E-state index in [0.717, 1.165) is 19.4 Å². The summed E-state index contributed by atoms with van der Waals surface area (Å²) in [6.07, 6.45) is 4.66. The highest BCUT2D eigenvalue weighted by molar-refractivity contribution is 5.97. The van der Waals surface area contributed by atoms with E-state index in [1.165, 1.54) is 5.56 Å². The van der Waals surface area contributed by atoms with Crippen LogP contribution in [0.15, 0.2) is 42.6 Å². The summed E-state index contributed by atoms with van der Waals surface area (Å²) in [6.45, 7) is 5.67. The maximum atomic E-state index is 13.6. The molecule has 1 aromatic heterocycles. The highest BCUT2D eigenvalue weighted by Gasteiger charge is 2.34. The van der Waals surface area contributed by atoms with Crippen LogP contribution in [0.4, 0.5) is 0 Å². The normalized spacial score (nSPS) is 22.2. The average Bonchev–Trinajstić information content (AvgIpc) is 3.31. The van der Waals surface area contributed by atoms with Crippen LogP contribution in [-0.2, 0) is 6.54 Å². The summed E-state index contributed by atoms with van der Waals surface area (Å²) in [4.78, 5) is 22.0. The number of carbonyl (C=O) groups excluding carboxylic acids is 1. The number of rotatable bonds is 6. The molecule has 0 spiro atoms. The largest absolute Gasteiger partial charge is 0.472 e. The van der Waals surface area contributed by atoms with Crippen LogP contribution in [0, 0.1) is 17.8 Å². The second-order valence-corrected chi connectivity index (χ2v) is 10.4. The lowest BCUT2D eigenvalue weighted by atomic mass is 9.99. The van der Waals surface area contributed by atoms with Gasteiger partial charge in [-0.25, -0.2) is 4.98 Å². The number of amides is 1. The molecule has 3 atom stereocenters. The van der Waals surface area contributed by atoms with E-state index in [9.17, 15) is 15.0 Å². The van der Waals surface area contributed by atoms with Crippen LogP contribution in [0.5, 0.6) is 5.88 Å². The molecule has 1 amide bonds. The van der Waals surface area contributed by atoms with Gasteiger partial charge in [-0.2, -0.15) is 0 Å². The molecule has 4 rings (SSSR count). The first-order valence-corrected chi connectivity index (χ1v) is 12.8. The summed E-state index contributed by atoms with van der Waals surface area (Å²) in [6, 6.07) is 11.6. The van der Waals surface area contributed by atoms with Gasteiger partial charge >= 0.3 is 0 Å². The first kappa shape index (κ1) is 26.2. The topological polar surface area (TPSA) is 86.1 Å². The van der Waals surface area contributed by atoms with Crippen molar-refractivity contribution < 1.29 is 19.7 Å². The summed E-state index contributed by atoms with van der Waals surface area (Å²) >= 11 is 0. The highest BCUT2D eigenvalue weighted by atomic mass is 16.5. The molecule has 36 heavy (non-hydrogen) atoms. The molecule has 2 aliphatic rings. The SMILES string of the molecule is C[C@@H]1CN([C@@H](C)CO)C(=O)c2cc(C#CC3(O)CCCC3)cnc2O[C@@H]1CN(C)Cc1ccccc1. The quantitative estimate of drug-likeness (QED) is 0.604. The van der Waals surface area contributed by atoms with Crippen LogP contribution in [0.2, 0.25) is 0 Å². The number of aliphatic hydroxyl groups excluding tert-OH is 1. The number of benzene rings is 1. The molecular weight excluding hydrogens is 454 g/mol. The summed E-state index contributed by atoms with van der Waals surface area (Å²) in [5, 5.41) is 20.5. The average molecular weight is 492 g/mol. The van der Waals surface area contributed by atoms with Gasteiger partial charge in [0.15, 0.2) is 0 Å². The smallest absolute Gasteiger partial charge is 0.259 e. The molecule has 1 aliphatic carbocycles. The van der Waals surface area contributed by atoms with Crippen LogP contribution in [-0.4, -0.2) is 75.4 Å². The number of nitrogens with zero attached hydrogens (tertiary/aromatic N) is 3. The minimum Gasteiger partial charge on any atom is -0.472 e. The Bertz CT molecular complexity index is 1100. The number of likely N-dealkylation sites (N-methyl/N-ethyl adjacent to an activating group) is 1. The number of fused-ring (bicyclic) bond motifs is 1. The molecule has 2 aromatic rings. The molecule has 0 saturated heterocycles. The van der Waals surface area contributed by atoms with Crippen molar-refractivity contribution in [3.63, 3.8) is 0 Å². The predicted octanol–water partition coefficient (Wildman–Crippen LogP) is 3.09. The van der Waals surface area contributed by atoms with E-state index in [0.29, 0.717) is 37.1 Å². The molecule has 7 nitrogen and oxygen atoms in total. The van der Waals surface area contributed by atoms with E-state index in [2.05, 4.69) is 47.8 Å². The Morgan fingerprint density at radius 3 is 2.69 bits per heavy atom. The number of aromatic nitrogens is 1. The molecule has 0 radical (unpaired) electrons. The van der Waals surface area contributed by atoms with Gasteiger partial charge in [0.2, 0.25) is 5.88 Å². The van der Waals surface area contributed by atoms with Crippen LogP contribution in [0.25, 0.3) is 0 Å². The second kappa shape index (κ2) is 11.4. The van der Waals surface area contributed by atoms with Gasteiger partial charge in [0, 0.05) is 37.3 Å². The second-order valence-electron chi connectivity index (χ2n) is 10.4. The molecule has 2 N–H and O–H groups in total. The third kappa shape index (κ3) is 6.25. The van der Waals surface area contributed by atoms with Crippen LogP contribution in [0.3, 0.4) is 0 Å². The molecule has 0 bridgehead atoms. The number of carbonyl (C=O) groups is 1. The number of hydrogen-bond donors (Lipinski definition) is 2. The van der Waals surface area contributed by atoms with Gasteiger partial charge in [-0.15, -0.1) is 0 Å². The summed E-state index contributed by atoms with van der Waals surface area (Å²) in [5.41, 5.74) is 1.15. The zero-order valence-electron chi connectivity index (χ0n) is 21.5. The van der Waals surface area contributed by atoms with Gasteiger partial charge in [-0.3, -0.25) is 9.69 Å². The summed E-state index contributed by atoms with van der Waals surface area (Å²) in [5.74, 6) is 6.08. The van der Waals surface area contributed by atoms with Gasteiger partial charge < -0.3 is 19.8 Å². The molecule has 2 heterocycles. The van der Waals surface area contributed by atoms with Crippen molar-refractivity contribution in [1.29, 1.82) is 0 Å². The molecule has 1 saturated carbocycles. The lowest BCUT2D eigenvalue weighted by molar-refractivity contribution is 0.0325. The molecule has 0 unspecified atom stereocenters. The third-order valence-electron chi connectivity index (χ3n) is 7.18. The summed E-state index contributed by atoms with van der Waals surface area (Å²) in [7, 11) is 2.06. The monoisotopic (exact) mass is 491 g/mol. The van der Waals surface area contributed by atoms with Crippen molar-refractivity contribution in [3.8, 4) is 17.7 Å². The molecular formula is C29H37N3O4. The molecule has 7 heteroatoms. The van der Waals surface area contributed by atoms with Gasteiger partial charge in [-0.05, 0) is 51.3 Å². The Labute approximate surface area is 214 Å². The molecule has 192 valence electrons. The third-order valence-corrected chi connectivity index (χ3v) is 7.18. The minimum absolute atomic E-state index is 0.0206. The maximum absolute atomic E-state index is 13.6. The lowest BCUT2D eigenvalue weighted by Crippen LogP contribution is -2.49. The number of hydrogen-bond acceptors (Lipinski definition) is 6. The zero-order chi connectivity index (χ0) is 25.7. The van der Waals surface area contributed by atoms with Crippen molar-refractivity contribution in [1.82, 2.24) is 14.8 Å². The van der Waals surface area contributed by atoms with Crippen LogP contribution >= 0.6 is 0 Å². The van der Waals surface area contributed by atoms with E-state index >= 15 is 0 Å². The van der Waals surface area contributed by atoms with Gasteiger partial charge in [0.05, 0.1) is 12.6 Å². The van der Waals surface area contributed by atoms with Crippen LogP contribution < -0.4 is 4.74 Å². The number of aliphatic hydroxyl groups is 2. The Kier molecular flexibility index (Phi) is 8.30. The number of ether oxygens (including phenoxy) is 1. The van der Waals surface area contributed by atoms with Crippen molar-refractivity contribution in [2.45, 2.75) is 63.8 Å². The van der Waals surface area contributed by atoms with Crippen LogP contribution in [0.1, 0.15) is 61.0 Å². The first-order valence-electron chi connectivity index (χ1n) is 12.8. The maximum Gasteiger partial charge on any atom is 0.259 e. The van der Waals surface area contributed by atoms with Crippen molar-refractivity contribution in [3.05, 3.63) is 59.3 Å². The van der Waals surface area contributed by atoms with E-state index in [1.54, 1.807) is 17.2 Å². The fourth-order valence-corrected chi connectivity index (χ4v) is 4.93. The van der Waals surface area contributed by atoms with E-state index in [-0.39, 0.29) is 36.5 Å². The van der Waals surface area contributed by atoms with Gasteiger partial charge in [-0.1, -0.05) is 49.1 Å². The van der Waals surface area contributed by atoms with Crippen molar-refractivity contribution >= 4 is 5.91 Å². The Morgan fingerprint density at radius 1 is 1.28 bits per heavy atom. The van der Waals surface area contributed by atoms with Crippen molar-refractivity contribution in [2.24, 2.45) is 5.92 Å². The van der Waals surface area contributed by atoms with Gasteiger partial charge in [0.25, 0.3) is 5.91 Å². The fraction of sp³-hybridized carbons (Fsp3) is 0.517.